The number of hydrogen-bond donors (Lipinski definition) is 1. The van der Waals surface area contributed by atoms with Crippen LogP contribution in [0, 0.1) is 0 Å². The lowest BCUT2D eigenvalue weighted by Gasteiger charge is -2.36. The Morgan fingerprint density at radius 1 is 0.786 bits per heavy atom. The molecular formula is C11H23N3. The molecule has 2 saturated heterocycles. The van der Waals surface area contributed by atoms with Gasteiger partial charge in [0.15, 0.2) is 0 Å². The van der Waals surface area contributed by atoms with Gasteiger partial charge in [-0.25, -0.2) is 5.01 Å². The summed E-state index contributed by atoms with van der Waals surface area (Å²) in [5.74, 6) is 5.77. The zero-order valence-corrected chi connectivity index (χ0v) is 9.12. The van der Waals surface area contributed by atoms with Crippen LogP contribution in [-0.4, -0.2) is 42.1 Å². The van der Waals surface area contributed by atoms with Gasteiger partial charge in [-0.15, -0.1) is 0 Å². The third-order valence-electron chi connectivity index (χ3n) is 3.66. The minimum atomic E-state index is 0.827. The first-order valence-electron chi connectivity index (χ1n) is 6.10. The maximum absolute atomic E-state index is 5.77. The van der Waals surface area contributed by atoms with E-state index in [1.165, 1.54) is 51.6 Å². The van der Waals surface area contributed by atoms with Gasteiger partial charge in [0.2, 0.25) is 0 Å². The Hall–Kier alpha value is -0.120. The Bertz CT molecular complexity index is 156. The monoisotopic (exact) mass is 197 g/mol. The zero-order valence-electron chi connectivity index (χ0n) is 9.12. The lowest BCUT2D eigenvalue weighted by Crippen LogP contribution is -2.47. The molecule has 0 aromatic carbocycles. The summed E-state index contributed by atoms with van der Waals surface area (Å²) in [7, 11) is 0. The van der Waals surface area contributed by atoms with Crippen LogP contribution in [0.1, 0.15) is 38.5 Å². The van der Waals surface area contributed by atoms with Crippen LogP contribution >= 0.6 is 0 Å². The van der Waals surface area contributed by atoms with Gasteiger partial charge in [-0.3, -0.25) is 5.84 Å². The third-order valence-corrected chi connectivity index (χ3v) is 3.66. The molecule has 2 fully saturated rings. The van der Waals surface area contributed by atoms with Gasteiger partial charge in [0.1, 0.15) is 0 Å². The first-order valence-corrected chi connectivity index (χ1v) is 6.10. The maximum Gasteiger partial charge on any atom is 0.0143 e. The van der Waals surface area contributed by atoms with Gasteiger partial charge in [-0.2, -0.15) is 0 Å². The highest BCUT2D eigenvalue weighted by Gasteiger charge is 2.23. The van der Waals surface area contributed by atoms with Crippen LogP contribution in [0.3, 0.4) is 0 Å². The van der Waals surface area contributed by atoms with E-state index in [1.54, 1.807) is 0 Å². The Morgan fingerprint density at radius 3 is 1.93 bits per heavy atom. The first-order chi connectivity index (χ1) is 6.86. The molecule has 0 amide bonds. The number of rotatable bonds is 1. The second-order valence-electron chi connectivity index (χ2n) is 4.72. The molecule has 14 heavy (non-hydrogen) atoms. The van der Waals surface area contributed by atoms with Crippen LogP contribution in [0.15, 0.2) is 0 Å². The molecular weight excluding hydrogens is 174 g/mol. The molecule has 0 radical (unpaired) electrons. The second kappa shape index (κ2) is 5.10. The van der Waals surface area contributed by atoms with Crippen molar-refractivity contribution in [3.05, 3.63) is 0 Å². The highest BCUT2D eigenvalue weighted by molar-refractivity contribution is 4.79. The Morgan fingerprint density at radius 2 is 1.36 bits per heavy atom. The minimum Gasteiger partial charge on any atom is -0.300 e. The van der Waals surface area contributed by atoms with E-state index < -0.39 is 0 Å². The normalized spacial score (nSPS) is 28.9. The van der Waals surface area contributed by atoms with Crippen LogP contribution in [-0.2, 0) is 0 Å². The standard InChI is InChI=1S/C11H23N3/c12-14-9-5-11(6-10-14)13-7-3-1-2-4-8-13/h11H,1-10,12H2. The molecule has 3 heteroatoms. The molecule has 0 unspecified atom stereocenters. The average Bonchev–Trinajstić information content (AvgIpc) is 2.47. The number of hydrazine groups is 1. The van der Waals surface area contributed by atoms with E-state index in [9.17, 15) is 0 Å². The molecule has 82 valence electrons. The van der Waals surface area contributed by atoms with Crippen molar-refractivity contribution >= 4 is 0 Å². The van der Waals surface area contributed by atoms with Gasteiger partial charge >= 0.3 is 0 Å². The summed E-state index contributed by atoms with van der Waals surface area (Å²) in [6.07, 6.45) is 8.23. The number of likely N-dealkylation sites (tertiary alicyclic amines) is 1. The van der Waals surface area contributed by atoms with Crippen molar-refractivity contribution < 1.29 is 0 Å². The van der Waals surface area contributed by atoms with Gasteiger partial charge in [0, 0.05) is 19.1 Å². The smallest absolute Gasteiger partial charge is 0.0143 e. The Labute approximate surface area is 87.2 Å². The number of nitrogens with zero attached hydrogens (tertiary/aromatic N) is 2. The summed E-state index contributed by atoms with van der Waals surface area (Å²) in [4.78, 5) is 2.71. The minimum absolute atomic E-state index is 0.827. The van der Waals surface area contributed by atoms with Gasteiger partial charge < -0.3 is 4.90 Å². The van der Waals surface area contributed by atoms with E-state index in [-0.39, 0.29) is 0 Å². The topological polar surface area (TPSA) is 32.5 Å². The predicted molar refractivity (Wildman–Crippen MR) is 58.8 cm³/mol. The van der Waals surface area contributed by atoms with Crippen LogP contribution in [0.2, 0.25) is 0 Å². The Kier molecular flexibility index (Phi) is 3.79. The summed E-state index contributed by atoms with van der Waals surface area (Å²) in [6.45, 7) is 4.83. The summed E-state index contributed by atoms with van der Waals surface area (Å²) in [5.41, 5.74) is 0. The van der Waals surface area contributed by atoms with Gasteiger partial charge in [-0.05, 0) is 38.8 Å². The van der Waals surface area contributed by atoms with Crippen molar-refractivity contribution in [2.45, 2.75) is 44.6 Å². The predicted octanol–water partition coefficient (Wildman–Crippen LogP) is 1.20. The average molecular weight is 197 g/mol. The van der Waals surface area contributed by atoms with E-state index in [0.29, 0.717) is 0 Å². The summed E-state index contributed by atoms with van der Waals surface area (Å²) < 4.78 is 0. The fourth-order valence-electron chi connectivity index (χ4n) is 2.71. The number of piperidine rings is 1. The van der Waals surface area contributed by atoms with Crippen molar-refractivity contribution in [1.82, 2.24) is 9.91 Å². The molecule has 0 aliphatic carbocycles. The summed E-state index contributed by atoms with van der Waals surface area (Å²) in [5, 5.41) is 1.97. The van der Waals surface area contributed by atoms with Crippen molar-refractivity contribution in [1.29, 1.82) is 0 Å². The van der Waals surface area contributed by atoms with Crippen molar-refractivity contribution in [2.75, 3.05) is 26.2 Å². The SMILES string of the molecule is NN1CCC(N2CCCCCC2)CC1. The van der Waals surface area contributed by atoms with E-state index in [0.717, 1.165) is 19.1 Å². The van der Waals surface area contributed by atoms with Crippen molar-refractivity contribution in [2.24, 2.45) is 5.84 Å². The van der Waals surface area contributed by atoms with Crippen LogP contribution in [0.4, 0.5) is 0 Å². The third kappa shape index (κ3) is 2.69. The number of nitrogens with two attached hydrogens (primary N) is 1. The largest absolute Gasteiger partial charge is 0.300 e. The van der Waals surface area contributed by atoms with Gasteiger partial charge in [0.25, 0.3) is 0 Å². The molecule has 2 heterocycles. The van der Waals surface area contributed by atoms with E-state index in [2.05, 4.69) is 4.90 Å². The van der Waals surface area contributed by atoms with Gasteiger partial charge in [0.05, 0.1) is 0 Å². The van der Waals surface area contributed by atoms with Crippen molar-refractivity contribution in [3.63, 3.8) is 0 Å². The molecule has 2 N–H and O–H groups in total. The molecule has 2 rings (SSSR count). The lowest BCUT2D eigenvalue weighted by molar-refractivity contribution is 0.111. The molecule has 0 aromatic heterocycles. The van der Waals surface area contributed by atoms with E-state index >= 15 is 0 Å². The second-order valence-corrected chi connectivity index (χ2v) is 4.72. The van der Waals surface area contributed by atoms with Crippen LogP contribution in [0.25, 0.3) is 0 Å². The van der Waals surface area contributed by atoms with Crippen LogP contribution < -0.4 is 5.84 Å². The molecule has 0 spiro atoms. The highest BCUT2D eigenvalue weighted by atomic mass is 15.4. The maximum atomic E-state index is 5.77. The molecule has 2 aliphatic rings. The number of hydrogen-bond acceptors (Lipinski definition) is 3. The first kappa shape index (κ1) is 10.4. The zero-order chi connectivity index (χ0) is 9.80. The van der Waals surface area contributed by atoms with Gasteiger partial charge in [-0.1, -0.05) is 12.8 Å². The molecule has 3 nitrogen and oxygen atoms in total. The van der Waals surface area contributed by atoms with E-state index in [1.807, 2.05) is 5.01 Å². The molecule has 0 saturated carbocycles. The van der Waals surface area contributed by atoms with Crippen molar-refractivity contribution in [3.8, 4) is 0 Å². The van der Waals surface area contributed by atoms with E-state index in [4.69, 9.17) is 5.84 Å². The lowest BCUT2D eigenvalue weighted by atomic mass is 10.0. The quantitative estimate of drug-likeness (QED) is 0.641. The molecule has 0 bridgehead atoms. The molecule has 2 aliphatic heterocycles. The summed E-state index contributed by atoms with van der Waals surface area (Å²) >= 11 is 0. The molecule has 0 atom stereocenters. The highest BCUT2D eigenvalue weighted by Crippen LogP contribution is 2.19. The van der Waals surface area contributed by atoms with Crippen LogP contribution in [0.5, 0.6) is 0 Å². The Balaban J connectivity index is 1.81. The fraction of sp³-hybridized carbons (Fsp3) is 1.00. The fourth-order valence-corrected chi connectivity index (χ4v) is 2.71. The molecule has 0 aromatic rings. The summed E-state index contributed by atoms with van der Waals surface area (Å²) in [6, 6.07) is 0.827.